The number of aromatic nitrogens is 3. The summed E-state index contributed by atoms with van der Waals surface area (Å²) in [6.07, 6.45) is 5.93. The number of pyridine rings is 1. The number of carbonyl (C=O) groups is 1. The summed E-state index contributed by atoms with van der Waals surface area (Å²) in [6, 6.07) is 1.82. The standard InChI is InChI=1S/C14H15N5OS/c1-3-9-10(7-19(2)18-9)17-14(20)13-12(15)8-4-5-16-6-11(8)21-13/h4-7H,3,15H2,1-2H3,(H,17,20). The number of rotatable bonds is 3. The number of hydrogen-bond acceptors (Lipinski definition) is 5. The van der Waals surface area contributed by atoms with Gasteiger partial charge in [-0.1, -0.05) is 6.92 Å². The summed E-state index contributed by atoms with van der Waals surface area (Å²) in [4.78, 5) is 17.0. The van der Waals surface area contributed by atoms with Gasteiger partial charge in [-0.15, -0.1) is 11.3 Å². The summed E-state index contributed by atoms with van der Waals surface area (Å²) in [7, 11) is 1.83. The molecule has 3 aromatic heterocycles. The molecular formula is C14H15N5OS. The third-order valence-corrected chi connectivity index (χ3v) is 4.38. The minimum atomic E-state index is -0.212. The Bertz CT molecular complexity index is 820. The van der Waals surface area contributed by atoms with Gasteiger partial charge in [-0.05, 0) is 12.5 Å². The summed E-state index contributed by atoms with van der Waals surface area (Å²) in [5.74, 6) is -0.212. The van der Waals surface area contributed by atoms with Crippen LogP contribution in [0.15, 0.2) is 24.7 Å². The van der Waals surface area contributed by atoms with Crippen LogP contribution in [0.2, 0.25) is 0 Å². The molecule has 0 unspecified atom stereocenters. The lowest BCUT2D eigenvalue weighted by molar-refractivity contribution is 0.103. The van der Waals surface area contributed by atoms with Gasteiger partial charge >= 0.3 is 0 Å². The van der Waals surface area contributed by atoms with Gasteiger partial charge in [0.05, 0.1) is 21.8 Å². The molecule has 7 heteroatoms. The molecule has 0 aliphatic carbocycles. The van der Waals surface area contributed by atoms with Crippen LogP contribution in [0.5, 0.6) is 0 Å². The molecule has 0 atom stereocenters. The third kappa shape index (κ3) is 2.36. The Hall–Kier alpha value is -2.41. The molecule has 0 radical (unpaired) electrons. The van der Waals surface area contributed by atoms with E-state index in [4.69, 9.17) is 5.73 Å². The Morgan fingerprint density at radius 3 is 3.05 bits per heavy atom. The fourth-order valence-corrected chi connectivity index (χ4v) is 3.20. The highest BCUT2D eigenvalue weighted by molar-refractivity contribution is 7.21. The van der Waals surface area contributed by atoms with E-state index in [2.05, 4.69) is 15.4 Å². The number of fused-ring (bicyclic) bond motifs is 1. The number of nitrogens with two attached hydrogens (primary N) is 1. The molecule has 21 heavy (non-hydrogen) atoms. The first-order valence-corrected chi connectivity index (χ1v) is 7.37. The van der Waals surface area contributed by atoms with Gasteiger partial charge in [0.2, 0.25) is 0 Å². The molecule has 3 N–H and O–H groups in total. The summed E-state index contributed by atoms with van der Waals surface area (Å²) >= 11 is 1.34. The summed E-state index contributed by atoms with van der Waals surface area (Å²) in [5, 5.41) is 8.06. The van der Waals surface area contributed by atoms with Crippen LogP contribution >= 0.6 is 11.3 Å². The molecule has 0 aromatic carbocycles. The molecule has 0 saturated carbocycles. The Balaban J connectivity index is 1.95. The molecule has 1 amide bonds. The van der Waals surface area contributed by atoms with Crippen LogP contribution < -0.4 is 11.1 Å². The van der Waals surface area contributed by atoms with Gasteiger partial charge in [0.1, 0.15) is 4.88 Å². The van der Waals surface area contributed by atoms with Gasteiger partial charge in [0, 0.05) is 31.0 Å². The van der Waals surface area contributed by atoms with Crippen LogP contribution in [0.25, 0.3) is 10.1 Å². The van der Waals surface area contributed by atoms with E-state index in [0.29, 0.717) is 10.6 Å². The highest BCUT2D eigenvalue weighted by Gasteiger charge is 2.18. The molecule has 0 fully saturated rings. The first kappa shape index (κ1) is 13.6. The second-order valence-corrected chi connectivity index (χ2v) is 5.74. The zero-order valence-corrected chi connectivity index (χ0v) is 12.6. The van der Waals surface area contributed by atoms with Crippen molar-refractivity contribution in [3.63, 3.8) is 0 Å². The Kier molecular flexibility index (Phi) is 3.34. The van der Waals surface area contributed by atoms with E-state index in [1.165, 1.54) is 11.3 Å². The summed E-state index contributed by atoms with van der Waals surface area (Å²) in [5.41, 5.74) is 8.14. The van der Waals surface area contributed by atoms with E-state index >= 15 is 0 Å². The minimum Gasteiger partial charge on any atom is -0.397 e. The molecule has 0 saturated heterocycles. The lowest BCUT2D eigenvalue weighted by Gasteiger charge is -2.03. The van der Waals surface area contributed by atoms with Crippen LogP contribution in [-0.4, -0.2) is 20.7 Å². The first-order chi connectivity index (χ1) is 10.1. The fraction of sp³-hybridized carbons (Fsp3) is 0.214. The third-order valence-electron chi connectivity index (χ3n) is 3.23. The van der Waals surface area contributed by atoms with Crippen molar-refractivity contribution in [1.29, 1.82) is 0 Å². The van der Waals surface area contributed by atoms with E-state index in [1.807, 2.05) is 20.0 Å². The molecule has 108 valence electrons. The molecule has 0 aliphatic rings. The van der Waals surface area contributed by atoms with E-state index in [9.17, 15) is 4.79 Å². The van der Waals surface area contributed by atoms with Gasteiger partial charge in [-0.25, -0.2) is 0 Å². The molecular weight excluding hydrogens is 286 g/mol. The monoisotopic (exact) mass is 301 g/mol. The first-order valence-electron chi connectivity index (χ1n) is 6.56. The molecule has 3 heterocycles. The van der Waals surface area contributed by atoms with Crippen LogP contribution in [-0.2, 0) is 13.5 Å². The second kappa shape index (κ2) is 5.17. The van der Waals surface area contributed by atoms with Crippen molar-refractivity contribution in [2.45, 2.75) is 13.3 Å². The van der Waals surface area contributed by atoms with Gasteiger partial charge in [-0.3, -0.25) is 14.5 Å². The van der Waals surface area contributed by atoms with Gasteiger partial charge in [0.15, 0.2) is 0 Å². The number of nitrogens with one attached hydrogen (secondary N) is 1. The largest absolute Gasteiger partial charge is 0.397 e. The van der Waals surface area contributed by atoms with Crippen LogP contribution in [0.4, 0.5) is 11.4 Å². The highest BCUT2D eigenvalue weighted by atomic mass is 32.1. The predicted molar refractivity (Wildman–Crippen MR) is 84.6 cm³/mol. The Morgan fingerprint density at radius 1 is 1.52 bits per heavy atom. The number of anilines is 2. The average molecular weight is 301 g/mol. The molecule has 0 bridgehead atoms. The maximum absolute atomic E-state index is 12.4. The molecule has 0 spiro atoms. The number of hydrogen-bond donors (Lipinski definition) is 2. The van der Waals surface area contributed by atoms with Crippen molar-refractivity contribution in [2.24, 2.45) is 7.05 Å². The minimum absolute atomic E-state index is 0.212. The van der Waals surface area contributed by atoms with Crippen molar-refractivity contribution in [3.8, 4) is 0 Å². The number of nitrogens with zero attached hydrogens (tertiary/aromatic N) is 3. The highest BCUT2D eigenvalue weighted by Crippen LogP contribution is 2.33. The maximum Gasteiger partial charge on any atom is 0.267 e. The van der Waals surface area contributed by atoms with Crippen molar-refractivity contribution in [2.75, 3.05) is 11.1 Å². The lowest BCUT2D eigenvalue weighted by Crippen LogP contribution is -2.12. The SMILES string of the molecule is CCc1nn(C)cc1NC(=O)c1sc2cnccc2c1N. The molecule has 3 rings (SSSR count). The van der Waals surface area contributed by atoms with Crippen LogP contribution in [0.1, 0.15) is 22.3 Å². The fourth-order valence-electron chi connectivity index (χ4n) is 2.22. The second-order valence-electron chi connectivity index (χ2n) is 4.69. The van der Waals surface area contributed by atoms with Gasteiger partial charge in [0.25, 0.3) is 5.91 Å². The molecule has 3 aromatic rings. The normalized spacial score (nSPS) is 11.0. The predicted octanol–water partition coefficient (Wildman–Crippen LogP) is 2.43. The Morgan fingerprint density at radius 2 is 2.33 bits per heavy atom. The quantitative estimate of drug-likeness (QED) is 0.778. The van der Waals surface area contributed by atoms with Crippen molar-refractivity contribution < 1.29 is 4.79 Å². The Labute approximate surface area is 125 Å². The number of carbonyl (C=O) groups excluding carboxylic acids is 1. The number of aryl methyl sites for hydroxylation is 2. The van der Waals surface area contributed by atoms with E-state index in [-0.39, 0.29) is 5.91 Å². The zero-order valence-electron chi connectivity index (χ0n) is 11.8. The van der Waals surface area contributed by atoms with Crippen molar-refractivity contribution in [3.05, 3.63) is 35.2 Å². The van der Waals surface area contributed by atoms with Gasteiger partial charge < -0.3 is 11.1 Å². The van der Waals surface area contributed by atoms with E-state index in [0.717, 1.165) is 27.9 Å². The van der Waals surface area contributed by atoms with Crippen LogP contribution in [0, 0.1) is 0 Å². The average Bonchev–Trinajstić information content (AvgIpc) is 3.00. The maximum atomic E-state index is 12.4. The topological polar surface area (TPSA) is 85.8 Å². The smallest absolute Gasteiger partial charge is 0.267 e. The van der Waals surface area contributed by atoms with Crippen LogP contribution in [0.3, 0.4) is 0 Å². The summed E-state index contributed by atoms with van der Waals surface area (Å²) in [6.45, 7) is 2.00. The summed E-state index contributed by atoms with van der Waals surface area (Å²) < 4.78 is 2.59. The van der Waals surface area contributed by atoms with Crippen molar-refractivity contribution >= 4 is 38.7 Å². The molecule has 6 nitrogen and oxygen atoms in total. The zero-order chi connectivity index (χ0) is 15.0. The number of nitrogen functional groups attached to an aromatic ring is 1. The van der Waals surface area contributed by atoms with E-state index < -0.39 is 0 Å². The molecule has 0 aliphatic heterocycles. The lowest BCUT2D eigenvalue weighted by atomic mass is 10.2. The van der Waals surface area contributed by atoms with E-state index in [1.54, 1.807) is 23.3 Å². The number of amides is 1. The van der Waals surface area contributed by atoms with Crippen molar-refractivity contribution in [1.82, 2.24) is 14.8 Å². The number of thiophene rings is 1. The van der Waals surface area contributed by atoms with Gasteiger partial charge in [-0.2, -0.15) is 5.10 Å².